The summed E-state index contributed by atoms with van der Waals surface area (Å²) >= 11 is 0. The number of esters is 2. The molecule has 17 nitrogen and oxygen atoms in total. The van der Waals surface area contributed by atoms with E-state index in [1.807, 2.05) is 44.2 Å². The maximum absolute atomic E-state index is 14.6. The van der Waals surface area contributed by atoms with Gasteiger partial charge in [0.2, 0.25) is 5.79 Å². The molecule has 0 unspecified atom stereocenters. The lowest BCUT2D eigenvalue weighted by Crippen LogP contribution is -2.61. The lowest BCUT2D eigenvalue weighted by molar-refractivity contribution is -0.265. The second-order valence-corrected chi connectivity index (χ2v) is 21.7. The van der Waals surface area contributed by atoms with Crippen molar-refractivity contribution in [3.05, 3.63) is 47.6 Å². The molecule has 1 saturated carbocycles. The van der Waals surface area contributed by atoms with Gasteiger partial charge >= 0.3 is 11.9 Å². The molecule has 3 heterocycles. The summed E-state index contributed by atoms with van der Waals surface area (Å²) in [5.74, 6) is -10.5. The number of ketones is 3. The Morgan fingerprint density at radius 2 is 1.62 bits per heavy atom. The van der Waals surface area contributed by atoms with E-state index in [0.29, 0.717) is 44.1 Å². The smallest absolute Gasteiger partial charge is 0.329 e. The lowest BCUT2D eigenvalue weighted by Gasteiger charge is -2.42. The largest absolute Gasteiger partial charge is 0.460 e. The third kappa shape index (κ3) is 16.0. The first-order valence-electron chi connectivity index (χ1n) is 27.7. The van der Waals surface area contributed by atoms with Crippen molar-refractivity contribution < 1.29 is 81.7 Å². The molecule has 4 rings (SSSR count). The normalized spacial score (nSPS) is 38.2. The number of fused-ring (bicyclic) bond motifs is 3. The van der Waals surface area contributed by atoms with E-state index in [1.54, 1.807) is 41.7 Å². The molecule has 0 aromatic rings. The fraction of sp³-hybridized carbons (Fsp3) is 0.750. The molecule has 73 heavy (non-hydrogen) atoms. The average Bonchev–Trinajstić information content (AvgIpc) is 3.37. The number of piperidine rings is 1. The number of aliphatic hydroxyl groups excluding tert-OH is 3. The van der Waals surface area contributed by atoms with Gasteiger partial charge < -0.3 is 53.7 Å². The van der Waals surface area contributed by atoms with E-state index in [9.17, 15) is 49.2 Å². The van der Waals surface area contributed by atoms with Crippen molar-refractivity contribution >= 4 is 35.2 Å². The van der Waals surface area contributed by atoms with Crippen molar-refractivity contribution in [1.29, 1.82) is 0 Å². The molecule has 1 amide bonds. The van der Waals surface area contributed by atoms with Gasteiger partial charge in [0, 0.05) is 58.4 Å². The van der Waals surface area contributed by atoms with Gasteiger partial charge in [0.1, 0.15) is 41.7 Å². The number of hydrogen-bond donors (Lipinski definition) is 4. The number of hydrogen-bond acceptors (Lipinski definition) is 16. The Hall–Kier alpha value is -3.94. The number of allylic oxidation sites excluding steroid dienone is 6. The zero-order valence-electron chi connectivity index (χ0n) is 47.8. The van der Waals surface area contributed by atoms with Gasteiger partial charge in [-0.2, -0.15) is 0 Å². The van der Waals surface area contributed by atoms with Crippen LogP contribution in [0.2, 0.25) is 0 Å². The third-order valence-corrected chi connectivity index (χ3v) is 15.8. The van der Waals surface area contributed by atoms with Crippen LogP contribution in [0.4, 0.5) is 0 Å². The Balaban J connectivity index is 1.72. The second-order valence-electron chi connectivity index (χ2n) is 21.7. The van der Waals surface area contributed by atoms with Gasteiger partial charge in [-0.1, -0.05) is 71.1 Å². The minimum atomic E-state index is -2.89. The van der Waals surface area contributed by atoms with Crippen LogP contribution < -0.4 is 0 Å². The van der Waals surface area contributed by atoms with Crippen LogP contribution in [0.5, 0.6) is 0 Å². The maximum Gasteiger partial charge on any atom is 0.329 e. The number of nitrogens with zero attached hydrogens (tertiary/aromatic N) is 1. The fourth-order valence-electron chi connectivity index (χ4n) is 10.6. The van der Waals surface area contributed by atoms with Crippen LogP contribution in [0.3, 0.4) is 0 Å². The number of rotatable bonds is 10. The summed E-state index contributed by atoms with van der Waals surface area (Å²) in [6.07, 6.45) is 6.99. The summed E-state index contributed by atoms with van der Waals surface area (Å²) in [6, 6.07) is -1.27. The predicted molar refractivity (Wildman–Crippen MR) is 271 cm³/mol. The highest BCUT2D eigenvalue weighted by Gasteiger charge is 2.53. The van der Waals surface area contributed by atoms with Gasteiger partial charge in [0.15, 0.2) is 5.78 Å². The SMILES string of the molecule is [2H]C([2H])([2H])O[C@@H]1C[C@H](C[C@@H](C)[C@@H]2CC(=O)[C@H](C)/C=C(\C)[C@@H](O)[C@@H](OC)C(=O)[C@H](C)C[C@H](C)/C=C/C=C/C=C(\C)[C@@H](OC)C[C@@H]3CC[C@@H](C)[C@@](O)(O3)C(=O)C(=O)N3CCCC[C@H]3C(=O)O2)CC[C@H]1OC(=O)C(C)(CO)CO. The van der Waals surface area contributed by atoms with E-state index < -0.39 is 133 Å². The Labute approximate surface area is 437 Å². The summed E-state index contributed by atoms with van der Waals surface area (Å²) in [6.45, 7) is 12.1. The molecule has 0 aromatic heterocycles. The number of cyclic esters (lactones) is 1. The molecular formula is C56H87NO16. The number of carbonyl (C=O) groups is 6. The van der Waals surface area contributed by atoms with Crippen LogP contribution in [0.15, 0.2) is 47.6 Å². The van der Waals surface area contributed by atoms with E-state index in [0.717, 1.165) is 10.5 Å². The predicted octanol–water partition coefficient (Wildman–Crippen LogP) is 5.72. The minimum absolute atomic E-state index is 0.00360. The first-order chi connectivity index (χ1) is 35.6. The quantitative estimate of drug-likeness (QED) is 0.116. The zero-order valence-corrected chi connectivity index (χ0v) is 44.8. The molecule has 3 fully saturated rings. The van der Waals surface area contributed by atoms with Crippen LogP contribution in [0.1, 0.15) is 137 Å². The van der Waals surface area contributed by atoms with Crippen LogP contribution in [-0.2, 0) is 57.2 Å². The Morgan fingerprint density at radius 1 is 0.904 bits per heavy atom. The molecule has 4 aliphatic rings. The van der Waals surface area contributed by atoms with Gasteiger partial charge in [-0.05, 0) is 114 Å². The first kappa shape index (κ1) is 56.8. The van der Waals surface area contributed by atoms with Crippen molar-refractivity contribution in [1.82, 2.24) is 4.90 Å². The van der Waals surface area contributed by atoms with Crippen molar-refractivity contribution in [3.63, 3.8) is 0 Å². The summed E-state index contributed by atoms with van der Waals surface area (Å²) in [5.41, 5.74) is -0.505. The molecule has 4 N–H and O–H groups in total. The Bertz CT molecular complexity index is 2120. The topological polar surface area (TPSA) is 242 Å². The van der Waals surface area contributed by atoms with E-state index in [4.69, 9.17) is 32.5 Å². The summed E-state index contributed by atoms with van der Waals surface area (Å²) in [7, 11) is -0.00598. The van der Waals surface area contributed by atoms with Crippen LogP contribution in [-0.4, -0.2) is 156 Å². The van der Waals surface area contributed by atoms with E-state index in [1.165, 1.54) is 20.1 Å². The number of ether oxygens (including phenoxy) is 6. The molecule has 3 aliphatic heterocycles. The van der Waals surface area contributed by atoms with Crippen LogP contribution in [0, 0.1) is 40.9 Å². The summed E-state index contributed by atoms with van der Waals surface area (Å²) in [4.78, 5) is 85.6. The van der Waals surface area contributed by atoms with E-state index in [2.05, 4.69) is 0 Å². The third-order valence-electron chi connectivity index (χ3n) is 15.8. The molecule has 2 saturated heterocycles. The fourth-order valence-corrected chi connectivity index (χ4v) is 10.6. The summed E-state index contributed by atoms with van der Waals surface area (Å²) in [5, 5.41) is 43.2. The van der Waals surface area contributed by atoms with Gasteiger partial charge in [-0.3, -0.25) is 24.0 Å². The minimum Gasteiger partial charge on any atom is -0.460 e. The Morgan fingerprint density at radius 3 is 2.27 bits per heavy atom. The first-order valence-corrected chi connectivity index (χ1v) is 26.2. The van der Waals surface area contributed by atoms with E-state index in [-0.39, 0.29) is 62.7 Å². The van der Waals surface area contributed by atoms with E-state index >= 15 is 0 Å². The number of aliphatic hydroxyl groups is 4. The molecule has 412 valence electrons. The van der Waals surface area contributed by atoms with Gasteiger partial charge in [-0.25, -0.2) is 4.79 Å². The van der Waals surface area contributed by atoms with Crippen LogP contribution >= 0.6 is 0 Å². The highest BCUT2D eigenvalue weighted by atomic mass is 16.6. The molecule has 17 heteroatoms. The number of methoxy groups -OCH3 is 3. The molecule has 15 atom stereocenters. The molecule has 2 bridgehead atoms. The monoisotopic (exact) mass is 1030 g/mol. The second kappa shape index (κ2) is 28.3. The summed E-state index contributed by atoms with van der Waals surface area (Å²) < 4.78 is 58.6. The van der Waals surface area contributed by atoms with Crippen molar-refractivity contribution in [2.24, 2.45) is 40.9 Å². The highest BCUT2D eigenvalue weighted by molar-refractivity contribution is 6.39. The molecule has 1 aliphatic carbocycles. The highest BCUT2D eigenvalue weighted by Crippen LogP contribution is 2.38. The molecular weight excluding hydrogens is 943 g/mol. The Kier molecular flexibility index (Phi) is 22.0. The molecule has 0 aromatic carbocycles. The molecule has 0 spiro atoms. The van der Waals surface area contributed by atoms with Gasteiger partial charge in [-0.15, -0.1) is 0 Å². The average molecular weight is 1030 g/mol. The van der Waals surface area contributed by atoms with Crippen molar-refractivity contribution in [2.45, 2.75) is 187 Å². The standard InChI is InChI=1S/C56H87NO16/c1-33-17-13-12-14-18-34(2)45(68-9)29-41-22-20-39(7)56(67,73-41)51(63)52(64)57-24-16-15-19-42(57)53(65)71-46(30-43(60)35(3)26-38(6)49(62)50(70-11)48(61)37(5)25-33)36(4)27-40-21-23-44(47(28-40)69-10)72-54(66)55(8,31-58)32-59/h12-14,17-18,26,33,35-37,39-42,44-47,49-50,58-59,62,67H,15-16,19-25,27-32H2,1-11H3/b14-12+,17-13+,34-18+,38-26+/t33-,35-,36-,37-,39-,40+,41+,42+,44-,45+,46+,47-,49-,50+,56-/m1/s1/i10D3. The van der Waals surface area contributed by atoms with Crippen molar-refractivity contribution in [2.75, 3.05) is 41.0 Å². The van der Waals surface area contributed by atoms with Crippen molar-refractivity contribution in [3.8, 4) is 0 Å². The van der Waals surface area contributed by atoms with Gasteiger partial charge in [0.05, 0.1) is 35.6 Å². The number of carbonyl (C=O) groups excluding carboxylic acids is 6. The zero-order chi connectivity index (χ0) is 56.9. The number of amides is 1. The van der Waals surface area contributed by atoms with Crippen LogP contribution in [0.25, 0.3) is 0 Å². The number of Topliss-reactive ketones (excluding diaryl/α,β-unsaturated/α-hetero) is 3. The molecule has 0 radical (unpaired) electrons. The lowest BCUT2D eigenvalue weighted by atomic mass is 9.78. The van der Waals surface area contributed by atoms with Gasteiger partial charge in [0.25, 0.3) is 11.7 Å². The maximum atomic E-state index is 14.6.